The van der Waals surface area contributed by atoms with Crippen LogP contribution in [0.1, 0.15) is 18.4 Å². The molecule has 0 spiro atoms. The zero-order valence-electron chi connectivity index (χ0n) is 16.8. The van der Waals surface area contributed by atoms with Gasteiger partial charge in [0.25, 0.3) is 0 Å². The molecule has 3 nitrogen and oxygen atoms in total. The van der Waals surface area contributed by atoms with Crippen LogP contribution in [-0.2, 0) is 11.3 Å². The lowest BCUT2D eigenvalue weighted by atomic mass is 9.95. The Morgan fingerprint density at radius 3 is 2.47 bits per heavy atom. The first kappa shape index (κ1) is 21.2. The molecule has 3 aromatic rings. The fourth-order valence-electron chi connectivity index (χ4n) is 3.76. The first-order valence-corrected chi connectivity index (χ1v) is 11.9. The Balaban J connectivity index is 1.33. The maximum Gasteiger partial charge on any atom is 0.227 e. The van der Waals surface area contributed by atoms with Gasteiger partial charge < -0.3 is 5.32 Å². The molecule has 0 aromatic heterocycles. The van der Waals surface area contributed by atoms with Crippen molar-refractivity contribution in [2.24, 2.45) is 5.92 Å². The van der Waals surface area contributed by atoms with Crippen molar-refractivity contribution < 1.29 is 4.79 Å². The number of hydrogen-bond donors (Lipinski definition) is 1. The summed E-state index contributed by atoms with van der Waals surface area (Å²) in [5.74, 6) is 0.205. The van der Waals surface area contributed by atoms with E-state index in [1.54, 1.807) is 11.8 Å². The average Bonchev–Trinajstić information content (AvgIpc) is 2.76. The Labute approximate surface area is 191 Å². The van der Waals surface area contributed by atoms with Crippen molar-refractivity contribution in [1.29, 1.82) is 0 Å². The van der Waals surface area contributed by atoms with E-state index in [1.165, 1.54) is 10.5 Å². The number of nitrogens with zero attached hydrogens (tertiary/aromatic N) is 1. The van der Waals surface area contributed by atoms with Crippen molar-refractivity contribution >= 4 is 39.3 Å². The summed E-state index contributed by atoms with van der Waals surface area (Å²) in [4.78, 5) is 17.6. The minimum absolute atomic E-state index is 0.0681. The fourth-order valence-corrected chi connectivity index (χ4v) is 5.13. The third kappa shape index (κ3) is 5.75. The molecule has 154 valence electrons. The molecule has 1 saturated heterocycles. The quantitative estimate of drug-likeness (QED) is 0.439. The maximum atomic E-state index is 12.9. The van der Waals surface area contributed by atoms with E-state index in [0.29, 0.717) is 0 Å². The summed E-state index contributed by atoms with van der Waals surface area (Å²) in [6.07, 6.45) is 1.79. The fraction of sp³-hybridized carbons (Fsp3) is 0.240. The molecule has 0 atom stereocenters. The second kappa shape index (κ2) is 10.3. The third-order valence-electron chi connectivity index (χ3n) is 5.37. The third-order valence-corrected chi connectivity index (χ3v) is 6.95. The van der Waals surface area contributed by atoms with Gasteiger partial charge in [-0.15, -0.1) is 0 Å². The number of carbonyl (C=O) groups is 1. The van der Waals surface area contributed by atoms with Gasteiger partial charge in [0.05, 0.1) is 5.69 Å². The highest BCUT2D eigenvalue weighted by atomic mass is 79.9. The summed E-state index contributed by atoms with van der Waals surface area (Å²) in [5, 5.41) is 3.19. The van der Waals surface area contributed by atoms with Gasteiger partial charge in [-0.2, -0.15) is 0 Å². The second-order valence-corrected chi connectivity index (χ2v) is 9.61. The van der Waals surface area contributed by atoms with Gasteiger partial charge in [0.2, 0.25) is 5.91 Å². The van der Waals surface area contributed by atoms with Crippen molar-refractivity contribution in [3.8, 4) is 0 Å². The van der Waals surface area contributed by atoms with Gasteiger partial charge in [-0.25, -0.2) is 0 Å². The number of para-hydroxylation sites is 1. The van der Waals surface area contributed by atoms with Crippen LogP contribution < -0.4 is 5.32 Å². The Kier molecular flexibility index (Phi) is 7.26. The lowest BCUT2D eigenvalue weighted by Gasteiger charge is -2.31. The summed E-state index contributed by atoms with van der Waals surface area (Å²) in [6.45, 7) is 2.83. The van der Waals surface area contributed by atoms with Crippen LogP contribution in [-0.4, -0.2) is 23.9 Å². The molecule has 5 heteroatoms. The van der Waals surface area contributed by atoms with Crippen LogP contribution in [0.2, 0.25) is 0 Å². The van der Waals surface area contributed by atoms with Crippen molar-refractivity contribution in [2.45, 2.75) is 29.2 Å². The number of piperidine rings is 1. The number of carbonyl (C=O) groups excluding carboxylic acids is 1. The molecule has 0 unspecified atom stereocenters. The van der Waals surface area contributed by atoms with Crippen molar-refractivity contribution in [2.75, 3.05) is 18.4 Å². The van der Waals surface area contributed by atoms with Gasteiger partial charge in [-0.05, 0) is 67.9 Å². The summed E-state index contributed by atoms with van der Waals surface area (Å²) in [6, 6.07) is 26.8. The molecular formula is C25H25BrN2OS. The van der Waals surface area contributed by atoms with Crippen LogP contribution in [0, 0.1) is 5.92 Å². The first-order valence-electron chi connectivity index (χ1n) is 10.3. The molecule has 1 fully saturated rings. The molecule has 1 aliphatic rings. The van der Waals surface area contributed by atoms with E-state index in [-0.39, 0.29) is 11.8 Å². The van der Waals surface area contributed by atoms with E-state index in [2.05, 4.69) is 62.5 Å². The zero-order chi connectivity index (χ0) is 20.8. The lowest BCUT2D eigenvalue weighted by Crippen LogP contribution is -2.37. The normalized spacial score (nSPS) is 15.1. The van der Waals surface area contributed by atoms with Gasteiger partial charge in [-0.1, -0.05) is 70.2 Å². The van der Waals surface area contributed by atoms with Gasteiger partial charge in [-0.3, -0.25) is 9.69 Å². The van der Waals surface area contributed by atoms with Crippen LogP contribution >= 0.6 is 27.7 Å². The number of rotatable bonds is 6. The van der Waals surface area contributed by atoms with E-state index in [9.17, 15) is 4.79 Å². The van der Waals surface area contributed by atoms with Crippen LogP contribution in [0.5, 0.6) is 0 Å². The molecule has 1 heterocycles. The highest BCUT2D eigenvalue weighted by Gasteiger charge is 2.25. The Morgan fingerprint density at radius 1 is 0.967 bits per heavy atom. The van der Waals surface area contributed by atoms with Gasteiger partial charge in [0.15, 0.2) is 0 Å². The van der Waals surface area contributed by atoms with E-state index in [4.69, 9.17) is 0 Å². The highest BCUT2D eigenvalue weighted by Crippen LogP contribution is 2.33. The van der Waals surface area contributed by atoms with Crippen molar-refractivity contribution in [3.05, 3.63) is 88.9 Å². The van der Waals surface area contributed by atoms with Gasteiger partial charge in [0, 0.05) is 26.7 Å². The van der Waals surface area contributed by atoms with Crippen LogP contribution in [0.15, 0.2) is 93.1 Å². The number of nitrogens with one attached hydrogen (secondary N) is 1. The number of anilines is 1. The maximum absolute atomic E-state index is 12.9. The first-order chi connectivity index (χ1) is 14.7. The number of hydrogen-bond acceptors (Lipinski definition) is 3. The molecule has 1 N–H and O–H groups in total. The van der Waals surface area contributed by atoms with Crippen molar-refractivity contribution in [3.63, 3.8) is 0 Å². The molecule has 3 aromatic carbocycles. The largest absolute Gasteiger partial charge is 0.325 e. The molecule has 4 rings (SSSR count). The Bertz CT molecular complexity index is 987. The molecule has 1 aliphatic heterocycles. The lowest BCUT2D eigenvalue weighted by molar-refractivity contribution is -0.121. The van der Waals surface area contributed by atoms with Gasteiger partial charge in [0.1, 0.15) is 0 Å². The molecule has 0 aliphatic carbocycles. The number of benzene rings is 3. The summed E-state index contributed by atoms with van der Waals surface area (Å²) in [7, 11) is 0. The number of amides is 1. The SMILES string of the molecule is O=C(Nc1ccccc1Sc1ccccc1)C1CCN(Cc2cccc(Br)c2)CC1. The predicted octanol–water partition coefficient (Wildman–Crippen LogP) is 6.45. The molecular weight excluding hydrogens is 456 g/mol. The predicted molar refractivity (Wildman–Crippen MR) is 128 cm³/mol. The number of halogens is 1. The molecule has 0 saturated carbocycles. The molecule has 30 heavy (non-hydrogen) atoms. The Morgan fingerprint density at radius 2 is 1.70 bits per heavy atom. The van der Waals surface area contributed by atoms with Crippen molar-refractivity contribution in [1.82, 2.24) is 4.90 Å². The van der Waals surface area contributed by atoms with E-state index < -0.39 is 0 Å². The molecule has 0 radical (unpaired) electrons. The molecule has 0 bridgehead atoms. The smallest absolute Gasteiger partial charge is 0.227 e. The topological polar surface area (TPSA) is 32.3 Å². The van der Waals surface area contributed by atoms with Gasteiger partial charge >= 0.3 is 0 Å². The summed E-state index contributed by atoms with van der Waals surface area (Å²) < 4.78 is 1.11. The average molecular weight is 481 g/mol. The minimum atomic E-state index is 0.0681. The van der Waals surface area contributed by atoms with E-state index in [0.717, 1.165) is 47.5 Å². The van der Waals surface area contributed by atoms with Crippen LogP contribution in [0.3, 0.4) is 0 Å². The standard InChI is InChI=1S/C25H25BrN2OS/c26-21-8-6-7-19(17-21)18-28-15-13-20(14-16-28)25(29)27-23-11-4-5-12-24(23)30-22-9-2-1-3-10-22/h1-12,17,20H,13-16,18H2,(H,27,29). The van der Waals surface area contributed by atoms with E-state index >= 15 is 0 Å². The summed E-state index contributed by atoms with van der Waals surface area (Å²) >= 11 is 5.22. The van der Waals surface area contributed by atoms with Crippen LogP contribution in [0.25, 0.3) is 0 Å². The highest BCUT2D eigenvalue weighted by molar-refractivity contribution is 9.10. The number of likely N-dealkylation sites (tertiary alicyclic amines) is 1. The molecule has 1 amide bonds. The minimum Gasteiger partial charge on any atom is -0.325 e. The van der Waals surface area contributed by atoms with Crippen LogP contribution in [0.4, 0.5) is 5.69 Å². The zero-order valence-corrected chi connectivity index (χ0v) is 19.2. The monoisotopic (exact) mass is 480 g/mol. The summed E-state index contributed by atoms with van der Waals surface area (Å²) in [5.41, 5.74) is 2.20. The second-order valence-electron chi connectivity index (χ2n) is 7.58. The van der Waals surface area contributed by atoms with E-state index in [1.807, 2.05) is 42.5 Å². The Hall–Kier alpha value is -2.08.